The van der Waals surface area contributed by atoms with Crippen LogP contribution in [0.4, 0.5) is 5.95 Å². The molecule has 5 nitrogen and oxygen atoms in total. The van der Waals surface area contributed by atoms with E-state index >= 15 is 0 Å². The van der Waals surface area contributed by atoms with Crippen LogP contribution in [0.1, 0.15) is 30.4 Å². The normalized spacial score (nSPS) is 20.7. The molecule has 0 aliphatic carbocycles. The van der Waals surface area contributed by atoms with Crippen molar-refractivity contribution in [3.05, 3.63) is 66.0 Å². The van der Waals surface area contributed by atoms with Crippen molar-refractivity contribution >= 4 is 16.7 Å². The number of aliphatic hydroxyl groups excluding tert-OH is 1. The van der Waals surface area contributed by atoms with Crippen LogP contribution in [0.25, 0.3) is 10.8 Å². The minimum absolute atomic E-state index is 0.193. The van der Waals surface area contributed by atoms with Crippen LogP contribution in [0.15, 0.2) is 54.9 Å². The van der Waals surface area contributed by atoms with Gasteiger partial charge >= 0.3 is 0 Å². The fraction of sp³-hybridized carbons (Fsp3) is 0.364. The summed E-state index contributed by atoms with van der Waals surface area (Å²) in [4.78, 5) is 11.0. The number of piperidine rings is 1. The molecule has 140 valence electrons. The molecule has 2 N–H and O–H groups in total. The van der Waals surface area contributed by atoms with Crippen LogP contribution in [0, 0.1) is 0 Å². The zero-order chi connectivity index (χ0) is 18.6. The molecular weight excluding hydrogens is 336 g/mol. The Morgan fingerprint density at radius 3 is 2.63 bits per heavy atom. The van der Waals surface area contributed by atoms with Gasteiger partial charge in [-0.2, -0.15) is 0 Å². The molecule has 0 unspecified atom stereocenters. The Bertz CT molecular complexity index is 896. The van der Waals surface area contributed by atoms with E-state index in [-0.39, 0.29) is 12.0 Å². The number of rotatable bonds is 5. The summed E-state index contributed by atoms with van der Waals surface area (Å²) in [6, 6.07) is 14.9. The average molecular weight is 362 g/mol. The molecule has 0 radical (unpaired) electrons. The Morgan fingerprint density at radius 1 is 1.11 bits per heavy atom. The van der Waals surface area contributed by atoms with Gasteiger partial charge in [0.25, 0.3) is 0 Å². The molecular formula is C22H26N4O. The molecule has 1 fully saturated rings. The van der Waals surface area contributed by atoms with E-state index in [0.717, 1.165) is 31.6 Å². The smallest absolute Gasteiger partial charge is 0.222 e. The number of hydrogen-bond donors (Lipinski definition) is 2. The molecule has 1 aliphatic heterocycles. The Morgan fingerprint density at radius 2 is 1.89 bits per heavy atom. The van der Waals surface area contributed by atoms with Gasteiger partial charge in [0.15, 0.2) is 0 Å². The summed E-state index contributed by atoms with van der Waals surface area (Å²) < 4.78 is 0. The summed E-state index contributed by atoms with van der Waals surface area (Å²) in [6.45, 7) is 5.25. The molecule has 2 heterocycles. The zero-order valence-electron chi connectivity index (χ0n) is 15.7. The van der Waals surface area contributed by atoms with E-state index in [1.165, 1.54) is 16.3 Å². The van der Waals surface area contributed by atoms with Gasteiger partial charge in [-0.1, -0.05) is 42.5 Å². The molecule has 4 rings (SSSR count). The lowest BCUT2D eigenvalue weighted by atomic mass is 9.86. The van der Waals surface area contributed by atoms with Crippen LogP contribution >= 0.6 is 0 Å². The van der Waals surface area contributed by atoms with E-state index in [0.29, 0.717) is 12.5 Å². The van der Waals surface area contributed by atoms with Crippen LogP contribution in [0.5, 0.6) is 0 Å². The van der Waals surface area contributed by atoms with Gasteiger partial charge in [-0.15, -0.1) is 0 Å². The quantitative estimate of drug-likeness (QED) is 0.728. The van der Waals surface area contributed by atoms with Crippen molar-refractivity contribution in [2.45, 2.75) is 31.9 Å². The highest BCUT2D eigenvalue weighted by Crippen LogP contribution is 2.31. The highest BCUT2D eigenvalue weighted by molar-refractivity contribution is 5.83. The lowest BCUT2D eigenvalue weighted by molar-refractivity contribution is 0.0476. The predicted molar refractivity (Wildman–Crippen MR) is 109 cm³/mol. The number of aromatic nitrogens is 2. The predicted octanol–water partition coefficient (Wildman–Crippen LogP) is 3.41. The minimum Gasteiger partial charge on any atom is -0.391 e. The first-order valence-corrected chi connectivity index (χ1v) is 9.67. The lowest BCUT2D eigenvalue weighted by Gasteiger charge is -2.36. The maximum absolute atomic E-state index is 10.8. The first-order valence-electron chi connectivity index (χ1n) is 9.67. The number of hydrogen-bond acceptors (Lipinski definition) is 5. The number of fused-ring (bicyclic) bond motifs is 1. The molecule has 1 aromatic heterocycles. The minimum atomic E-state index is -0.359. The third-order valence-corrected chi connectivity index (χ3v) is 5.31. The molecule has 27 heavy (non-hydrogen) atoms. The van der Waals surface area contributed by atoms with E-state index in [4.69, 9.17) is 0 Å². The number of benzene rings is 2. The first-order chi connectivity index (χ1) is 13.2. The van der Waals surface area contributed by atoms with Crippen molar-refractivity contribution in [3.63, 3.8) is 0 Å². The summed E-state index contributed by atoms with van der Waals surface area (Å²) >= 11 is 0. The zero-order valence-corrected chi connectivity index (χ0v) is 15.7. The molecule has 2 atom stereocenters. The van der Waals surface area contributed by atoms with Gasteiger partial charge in [-0.25, -0.2) is 9.97 Å². The SMILES string of the molecule is CCNc1ncc(CN2CC[C@H](c3ccc4ccccc4c3)[C@@H](O)C2)cn1. The van der Waals surface area contributed by atoms with Crippen LogP contribution < -0.4 is 5.32 Å². The number of anilines is 1. The summed E-state index contributed by atoms with van der Waals surface area (Å²) in [5, 5.41) is 16.4. The molecule has 0 bridgehead atoms. The Hall–Kier alpha value is -2.50. The summed E-state index contributed by atoms with van der Waals surface area (Å²) in [5.74, 6) is 0.856. The first kappa shape index (κ1) is 17.9. The number of aliphatic hydroxyl groups is 1. The third kappa shape index (κ3) is 4.10. The van der Waals surface area contributed by atoms with Crippen molar-refractivity contribution in [2.75, 3.05) is 25.0 Å². The molecule has 1 aliphatic rings. The Kier molecular flexibility index (Phi) is 5.32. The molecule has 0 amide bonds. The maximum atomic E-state index is 10.8. The van der Waals surface area contributed by atoms with Crippen molar-refractivity contribution in [3.8, 4) is 0 Å². The number of nitrogens with zero attached hydrogens (tertiary/aromatic N) is 3. The largest absolute Gasteiger partial charge is 0.391 e. The van der Waals surface area contributed by atoms with Crippen molar-refractivity contribution in [2.24, 2.45) is 0 Å². The summed E-state index contributed by atoms with van der Waals surface area (Å²) in [7, 11) is 0. The van der Waals surface area contributed by atoms with Gasteiger partial charge in [-0.05, 0) is 36.2 Å². The topological polar surface area (TPSA) is 61.3 Å². The van der Waals surface area contributed by atoms with E-state index in [9.17, 15) is 5.11 Å². The Balaban J connectivity index is 1.41. The van der Waals surface area contributed by atoms with Gasteiger partial charge < -0.3 is 10.4 Å². The Labute approximate surface area is 160 Å². The second-order valence-electron chi connectivity index (χ2n) is 7.25. The van der Waals surface area contributed by atoms with Gasteiger partial charge in [0.1, 0.15) is 0 Å². The van der Waals surface area contributed by atoms with E-state index < -0.39 is 0 Å². The van der Waals surface area contributed by atoms with Gasteiger partial charge in [0.2, 0.25) is 5.95 Å². The second kappa shape index (κ2) is 8.03. The molecule has 0 saturated carbocycles. The van der Waals surface area contributed by atoms with Crippen molar-refractivity contribution in [1.29, 1.82) is 0 Å². The van der Waals surface area contributed by atoms with E-state index in [1.54, 1.807) is 0 Å². The van der Waals surface area contributed by atoms with Crippen molar-refractivity contribution < 1.29 is 5.11 Å². The lowest BCUT2D eigenvalue weighted by Crippen LogP contribution is -2.42. The van der Waals surface area contributed by atoms with Crippen molar-refractivity contribution in [1.82, 2.24) is 14.9 Å². The molecule has 2 aromatic carbocycles. The molecule has 1 saturated heterocycles. The fourth-order valence-electron chi connectivity index (χ4n) is 3.91. The summed E-state index contributed by atoms with van der Waals surface area (Å²) in [5.41, 5.74) is 2.31. The van der Waals surface area contributed by atoms with Gasteiger partial charge in [0.05, 0.1) is 6.10 Å². The van der Waals surface area contributed by atoms with Crippen LogP contribution in [-0.4, -0.2) is 45.7 Å². The highest BCUT2D eigenvalue weighted by Gasteiger charge is 2.29. The van der Waals surface area contributed by atoms with Crippen LogP contribution in [0.2, 0.25) is 0 Å². The van der Waals surface area contributed by atoms with E-state index in [2.05, 4.69) is 62.6 Å². The molecule has 5 heteroatoms. The third-order valence-electron chi connectivity index (χ3n) is 5.31. The van der Waals surface area contributed by atoms with Gasteiger partial charge in [0, 0.05) is 43.5 Å². The number of nitrogens with one attached hydrogen (secondary N) is 1. The fourth-order valence-corrected chi connectivity index (χ4v) is 3.91. The number of β-amino-alcohol motifs (C(OH)–C–C–N with tert-alkyl or cyclic N) is 1. The molecule has 3 aromatic rings. The second-order valence-corrected chi connectivity index (χ2v) is 7.25. The standard InChI is InChI=1S/C22H26N4O/c1-2-23-22-24-12-16(13-25-22)14-26-10-9-20(21(27)15-26)19-8-7-17-5-3-4-6-18(17)11-19/h3-8,11-13,20-21,27H,2,9-10,14-15H2,1H3,(H,23,24,25)/t20-,21+/m1/s1. The van der Waals surface area contributed by atoms with Crippen LogP contribution in [0.3, 0.4) is 0 Å². The van der Waals surface area contributed by atoms with Crippen LogP contribution in [-0.2, 0) is 6.54 Å². The summed E-state index contributed by atoms with van der Waals surface area (Å²) in [6.07, 6.45) is 4.33. The highest BCUT2D eigenvalue weighted by atomic mass is 16.3. The van der Waals surface area contributed by atoms with E-state index in [1.807, 2.05) is 19.3 Å². The maximum Gasteiger partial charge on any atom is 0.222 e. The monoisotopic (exact) mass is 362 g/mol. The molecule has 0 spiro atoms. The number of likely N-dealkylation sites (tertiary alicyclic amines) is 1. The average Bonchev–Trinajstić information content (AvgIpc) is 2.69. The van der Waals surface area contributed by atoms with Gasteiger partial charge in [-0.3, -0.25) is 4.90 Å².